The van der Waals surface area contributed by atoms with E-state index in [4.69, 9.17) is 0 Å². The van der Waals surface area contributed by atoms with Crippen molar-refractivity contribution in [3.05, 3.63) is 58.2 Å². The zero-order valence-electron chi connectivity index (χ0n) is 9.04. The number of pyridine rings is 1. The summed E-state index contributed by atoms with van der Waals surface area (Å²) in [7, 11) is 0. The molecule has 0 bridgehead atoms. The molecule has 1 heterocycles. The van der Waals surface area contributed by atoms with E-state index in [9.17, 15) is 19.3 Å². The Kier molecular flexibility index (Phi) is 3.09. The Morgan fingerprint density at radius 2 is 2.11 bits per heavy atom. The molecule has 2 aromatic rings. The van der Waals surface area contributed by atoms with Crippen molar-refractivity contribution in [1.82, 2.24) is 4.98 Å². The average Bonchev–Trinajstić information content (AvgIpc) is 2.38. The number of aromatic nitrogens is 1. The molecule has 18 heavy (non-hydrogen) atoms. The van der Waals surface area contributed by atoms with E-state index < -0.39 is 10.7 Å². The summed E-state index contributed by atoms with van der Waals surface area (Å²) in [5, 5.41) is 10.8. The van der Waals surface area contributed by atoms with Crippen LogP contribution in [0.3, 0.4) is 0 Å². The molecule has 90 valence electrons. The minimum Gasteiger partial charge on any atom is -0.298 e. The van der Waals surface area contributed by atoms with Gasteiger partial charge in [-0.05, 0) is 23.8 Å². The second-order valence-corrected chi connectivity index (χ2v) is 3.50. The molecule has 0 spiro atoms. The van der Waals surface area contributed by atoms with Crippen molar-refractivity contribution in [2.45, 2.75) is 0 Å². The van der Waals surface area contributed by atoms with Crippen LogP contribution in [0.25, 0.3) is 11.1 Å². The Balaban J connectivity index is 2.59. The van der Waals surface area contributed by atoms with Gasteiger partial charge in [-0.25, -0.2) is 4.39 Å². The third-order valence-electron chi connectivity index (χ3n) is 2.44. The van der Waals surface area contributed by atoms with Gasteiger partial charge < -0.3 is 0 Å². The molecule has 0 amide bonds. The normalized spacial score (nSPS) is 10.1. The summed E-state index contributed by atoms with van der Waals surface area (Å²) < 4.78 is 13.5. The number of carbonyl (C=O) groups excluding carboxylic acids is 1. The fourth-order valence-electron chi connectivity index (χ4n) is 1.57. The molecular formula is C12H7FN2O3. The predicted octanol–water partition coefficient (Wildman–Crippen LogP) is 2.61. The van der Waals surface area contributed by atoms with Gasteiger partial charge in [0.25, 0.3) is 5.69 Å². The molecule has 1 aromatic heterocycles. The van der Waals surface area contributed by atoms with Gasteiger partial charge in [-0.3, -0.25) is 19.9 Å². The standard InChI is InChI=1S/C12H7FN2O3/c13-11-5-8(1-2-9(11)7-16)10-3-4-14-6-12(10)15(17)18/h1-7H. The molecule has 0 aliphatic carbocycles. The minimum absolute atomic E-state index is 0.0875. The van der Waals surface area contributed by atoms with Crippen molar-refractivity contribution < 1.29 is 14.1 Å². The van der Waals surface area contributed by atoms with Gasteiger partial charge in [-0.1, -0.05) is 6.07 Å². The first-order valence-electron chi connectivity index (χ1n) is 4.97. The second kappa shape index (κ2) is 4.70. The number of carbonyl (C=O) groups is 1. The average molecular weight is 246 g/mol. The van der Waals surface area contributed by atoms with Gasteiger partial charge in [0.1, 0.15) is 12.0 Å². The van der Waals surface area contributed by atoms with E-state index in [-0.39, 0.29) is 16.8 Å². The first-order chi connectivity index (χ1) is 8.63. The van der Waals surface area contributed by atoms with Crippen molar-refractivity contribution in [1.29, 1.82) is 0 Å². The summed E-state index contributed by atoms with van der Waals surface area (Å²) in [6.45, 7) is 0. The van der Waals surface area contributed by atoms with Crippen LogP contribution in [0.15, 0.2) is 36.7 Å². The number of hydrogen-bond donors (Lipinski definition) is 0. The highest BCUT2D eigenvalue weighted by Crippen LogP contribution is 2.29. The summed E-state index contributed by atoms with van der Waals surface area (Å²) in [6.07, 6.45) is 2.87. The van der Waals surface area contributed by atoms with Crippen molar-refractivity contribution >= 4 is 12.0 Å². The molecule has 0 radical (unpaired) electrons. The lowest BCUT2D eigenvalue weighted by Gasteiger charge is -2.03. The van der Waals surface area contributed by atoms with E-state index in [0.717, 1.165) is 12.3 Å². The topological polar surface area (TPSA) is 73.1 Å². The van der Waals surface area contributed by atoms with E-state index in [0.29, 0.717) is 11.8 Å². The highest BCUT2D eigenvalue weighted by Gasteiger charge is 2.16. The van der Waals surface area contributed by atoms with E-state index >= 15 is 0 Å². The lowest BCUT2D eigenvalue weighted by molar-refractivity contribution is -0.384. The number of hydrogen-bond acceptors (Lipinski definition) is 4. The van der Waals surface area contributed by atoms with E-state index in [1.54, 1.807) is 0 Å². The van der Waals surface area contributed by atoms with E-state index in [1.807, 2.05) is 0 Å². The quantitative estimate of drug-likeness (QED) is 0.474. The molecule has 0 saturated carbocycles. The molecule has 2 rings (SSSR count). The molecule has 0 saturated heterocycles. The number of benzene rings is 1. The fraction of sp³-hybridized carbons (Fsp3) is 0. The Labute approximate surface area is 101 Å². The van der Waals surface area contributed by atoms with Gasteiger partial charge in [-0.2, -0.15) is 0 Å². The Hall–Kier alpha value is -2.63. The number of halogens is 1. The Morgan fingerprint density at radius 3 is 2.72 bits per heavy atom. The van der Waals surface area contributed by atoms with Gasteiger partial charge >= 0.3 is 0 Å². The first kappa shape index (κ1) is 11.8. The minimum atomic E-state index is -0.714. The monoisotopic (exact) mass is 246 g/mol. The maximum absolute atomic E-state index is 13.5. The molecule has 5 nitrogen and oxygen atoms in total. The third-order valence-corrected chi connectivity index (χ3v) is 2.44. The summed E-state index contributed by atoms with van der Waals surface area (Å²) in [4.78, 5) is 24.4. The largest absolute Gasteiger partial charge is 0.298 e. The van der Waals surface area contributed by atoms with Crippen LogP contribution in [0, 0.1) is 15.9 Å². The molecule has 0 atom stereocenters. The summed E-state index contributed by atoms with van der Waals surface area (Å²) in [5.41, 5.74) is 0.282. The summed E-state index contributed by atoms with van der Waals surface area (Å²) >= 11 is 0. The van der Waals surface area contributed by atoms with Crippen LogP contribution in [0.1, 0.15) is 10.4 Å². The SMILES string of the molecule is O=Cc1ccc(-c2ccncc2[N+](=O)[O-])cc1F. The van der Waals surface area contributed by atoms with Crippen LogP contribution in [-0.4, -0.2) is 16.2 Å². The maximum atomic E-state index is 13.5. The first-order valence-corrected chi connectivity index (χ1v) is 4.97. The van der Waals surface area contributed by atoms with Crippen molar-refractivity contribution in [3.8, 4) is 11.1 Å². The third kappa shape index (κ3) is 2.08. The van der Waals surface area contributed by atoms with Gasteiger partial charge in [0.15, 0.2) is 6.29 Å². The lowest BCUT2D eigenvalue weighted by atomic mass is 10.0. The second-order valence-electron chi connectivity index (χ2n) is 3.50. The van der Waals surface area contributed by atoms with Crippen LogP contribution in [0.2, 0.25) is 0 Å². The van der Waals surface area contributed by atoms with Crippen LogP contribution in [0.5, 0.6) is 0 Å². The van der Waals surface area contributed by atoms with E-state index in [2.05, 4.69) is 4.98 Å². The molecule has 6 heteroatoms. The molecule has 0 aliphatic rings. The van der Waals surface area contributed by atoms with Crippen LogP contribution >= 0.6 is 0 Å². The van der Waals surface area contributed by atoms with Gasteiger partial charge in [0.2, 0.25) is 0 Å². The van der Waals surface area contributed by atoms with Crippen LogP contribution in [0.4, 0.5) is 10.1 Å². The molecule has 0 N–H and O–H groups in total. The molecule has 0 unspecified atom stereocenters. The zero-order valence-corrected chi connectivity index (χ0v) is 9.04. The molecule has 0 fully saturated rings. The summed E-state index contributed by atoms with van der Waals surface area (Å²) in [5.74, 6) is -0.714. The predicted molar refractivity (Wildman–Crippen MR) is 61.7 cm³/mol. The highest BCUT2D eigenvalue weighted by molar-refractivity contribution is 5.79. The Bertz CT molecular complexity index is 628. The van der Waals surface area contributed by atoms with Crippen molar-refractivity contribution in [3.63, 3.8) is 0 Å². The van der Waals surface area contributed by atoms with Gasteiger partial charge in [0.05, 0.1) is 16.1 Å². The Morgan fingerprint density at radius 1 is 1.33 bits per heavy atom. The van der Waals surface area contributed by atoms with E-state index in [1.165, 1.54) is 24.4 Å². The van der Waals surface area contributed by atoms with Crippen molar-refractivity contribution in [2.24, 2.45) is 0 Å². The van der Waals surface area contributed by atoms with Gasteiger partial charge in [0, 0.05) is 6.20 Å². The number of nitro groups is 1. The molecular weight excluding hydrogens is 239 g/mol. The van der Waals surface area contributed by atoms with Gasteiger partial charge in [-0.15, -0.1) is 0 Å². The lowest BCUT2D eigenvalue weighted by Crippen LogP contribution is -1.94. The van der Waals surface area contributed by atoms with Crippen molar-refractivity contribution in [2.75, 3.05) is 0 Å². The molecule has 0 aliphatic heterocycles. The highest BCUT2D eigenvalue weighted by atomic mass is 19.1. The van der Waals surface area contributed by atoms with Crippen LogP contribution < -0.4 is 0 Å². The smallest absolute Gasteiger partial charge is 0.295 e. The number of aldehydes is 1. The summed E-state index contributed by atoms with van der Waals surface area (Å²) in [6, 6.07) is 5.25. The fourth-order valence-corrected chi connectivity index (χ4v) is 1.57. The number of rotatable bonds is 3. The molecule has 1 aromatic carbocycles. The maximum Gasteiger partial charge on any atom is 0.295 e. The zero-order chi connectivity index (χ0) is 13.1. The number of nitrogens with zero attached hydrogens (tertiary/aromatic N) is 2. The van der Waals surface area contributed by atoms with Crippen LogP contribution in [-0.2, 0) is 0 Å².